The van der Waals surface area contributed by atoms with Gasteiger partial charge in [-0.25, -0.2) is 9.78 Å². The number of nitrogens with one attached hydrogen (secondary N) is 1. The second-order valence-corrected chi connectivity index (χ2v) is 6.80. The molecule has 0 aliphatic heterocycles. The predicted octanol–water partition coefficient (Wildman–Crippen LogP) is 3.84. The first-order valence-corrected chi connectivity index (χ1v) is 9.08. The Morgan fingerprint density at radius 1 is 1.32 bits per heavy atom. The number of thiazole rings is 1. The molecule has 0 unspecified atom stereocenters. The van der Waals surface area contributed by atoms with Gasteiger partial charge in [-0.15, -0.1) is 11.3 Å². The fourth-order valence-corrected chi connectivity index (χ4v) is 2.86. The van der Waals surface area contributed by atoms with E-state index in [9.17, 15) is 4.79 Å². The first-order chi connectivity index (χ1) is 11.9. The highest BCUT2D eigenvalue weighted by Gasteiger charge is 2.16. The third kappa shape index (κ3) is 5.35. The standard InChI is InChI=1S/C18H25N3O3S/c1-12(2)24-16-7-6-14(8-17(16)23-5)13(3)20-18(22)21(4)9-15-10-25-11-19-15/h6-8,10-13H,9H2,1-5H3,(H,20,22)/t13-/m0/s1. The summed E-state index contributed by atoms with van der Waals surface area (Å²) in [4.78, 5) is 18.2. The van der Waals surface area contributed by atoms with Crippen LogP contribution in [0.25, 0.3) is 0 Å². The van der Waals surface area contributed by atoms with Crippen LogP contribution in [0.3, 0.4) is 0 Å². The average Bonchev–Trinajstić information content (AvgIpc) is 3.07. The van der Waals surface area contributed by atoms with Gasteiger partial charge in [-0.3, -0.25) is 0 Å². The van der Waals surface area contributed by atoms with Gasteiger partial charge < -0.3 is 19.7 Å². The number of urea groups is 1. The molecule has 1 N–H and O–H groups in total. The maximum absolute atomic E-state index is 12.4. The van der Waals surface area contributed by atoms with Gasteiger partial charge in [0.15, 0.2) is 11.5 Å². The Bertz CT molecular complexity index is 689. The maximum Gasteiger partial charge on any atom is 0.317 e. The van der Waals surface area contributed by atoms with E-state index in [4.69, 9.17) is 9.47 Å². The number of nitrogens with zero attached hydrogens (tertiary/aromatic N) is 2. The molecule has 2 amide bonds. The van der Waals surface area contributed by atoms with Crippen molar-refractivity contribution < 1.29 is 14.3 Å². The Hall–Kier alpha value is -2.28. The lowest BCUT2D eigenvalue weighted by atomic mass is 10.1. The summed E-state index contributed by atoms with van der Waals surface area (Å²) in [5, 5.41) is 4.92. The summed E-state index contributed by atoms with van der Waals surface area (Å²) < 4.78 is 11.1. The van der Waals surface area contributed by atoms with Crippen LogP contribution < -0.4 is 14.8 Å². The molecule has 2 aromatic rings. The van der Waals surface area contributed by atoms with Crippen molar-refractivity contribution in [2.45, 2.75) is 39.5 Å². The number of carbonyl (C=O) groups is 1. The fourth-order valence-electron chi connectivity index (χ4n) is 2.31. The van der Waals surface area contributed by atoms with E-state index < -0.39 is 0 Å². The average molecular weight is 363 g/mol. The summed E-state index contributed by atoms with van der Waals surface area (Å²) in [6.45, 7) is 6.35. The summed E-state index contributed by atoms with van der Waals surface area (Å²) in [7, 11) is 3.36. The molecule has 0 saturated heterocycles. The van der Waals surface area contributed by atoms with Gasteiger partial charge >= 0.3 is 6.03 Å². The van der Waals surface area contributed by atoms with Crippen LogP contribution in [0, 0.1) is 0 Å². The topological polar surface area (TPSA) is 63.7 Å². The zero-order valence-electron chi connectivity index (χ0n) is 15.3. The summed E-state index contributed by atoms with van der Waals surface area (Å²) in [5.41, 5.74) is 3.59. The number of hydrogen-bond donors (Lipinski definition) is 1. The van der Waals surface area contributed by atoms with Crippen molar-refractivity contribution in [1.29, 1.82) is 0 Å². The van der Waals surface area contributed by atoms with E-state index in [1.165, 1.54) is 11.3 Å². The highest BCUT2D eigenvalue weighted by molar-refractivity contribution is 7.07. The van der Waals surface area contributed by atoms with E-state index in [1.807, 2.05) is 44.4 Å². The summed E-state index contributed by atoms with van der Waals surface area (Å²) in [5.74, 6) is 1.35. The summed E-state index contributed by atoms with van der Waals surface area (Å²) in [6.07, 6.45) is 0.0660. The highest BCUT2D eigenvalue weighted by atomic mass is 32.1. The van der Waals surface area contributed by atoms with Crippen LogP contribution in [0.1, 0.15) is 38.1 Å². The fraction of sp³-hybridized carbons (Fsp3) is 0.444. The number of ether oxygens (including phenoxy) is 2. The van der Waals surface area contributed by atoms with Crippen LogP contribution in [0.2, 0.25) is 0 Å². The zero-order chi connectivity index (χ0) is 18.4. The predicted molar refractivity (Wildman–Crippen MR) is 99.3 cm³/mol. The van der Waals surface area contributed by atoms with Crippen LogP contribution >= 0.6 is 11.3 Å². The molecule has 1 heterocycles. The van der Waals surface area contributed by atoms with Crippen molar-refractivity contribution in [1.82, 2.24) is 15.2 Å². The Labute approximate surface area is 152 Å². The smallest absolute Gasteiger partial charge is 0.317 e. The molecule has 0 aliphatic rings. The molecule has 25 heavy (non-hydrogen) atoms. The number of methoxy groups -OCH3 is 1. The van der Waals surface area contributed by atoms with Crippen molar-refractivity contribution >= 4 is 17.4 Å². The lowest BCUT2D eigenvalue weighted by Crippen LogP contribution is -2.38. The molecule has 0 spiro atoms. The second-order valence-electron chi connectivity index (χ2n) is 6.08. The van der Waals surface area contributed by atoms with Crippen LogP contribution in [0.4, 0.5) is 4.79 Å². The number of benzene rings is 1. The van der Waals surface area contributed by atoms with Gasteiger partial charge in [0.25, 0.3) is 0 Å². The third-order valence-corrected chi connectivity index (χ3v) is 4.25. The van der Waals surface area contributed by atoms with Crippen molar-refractivity contribution in [3.05, 3.63) is 40.3 Å². The van der Waals surface area contributed by atoms with E-state index in [0.717, 1.165) is 11.3 Å². The second kappa shape index (κ2) is 8.71. The summed E-state index contributed by atoms with van der Waals surface area (Å²) >= 11 is 1.52. The van der Waals surface area contributed by atoms with Crippen molar-refractivity contribution in [3.8, 4) is 11.5 Å². The largest absolute Gasteiger partial charge is 0.493 e. The molecule has 0 saturated carbocycles. The Morgan fingerprint density at radius 2 is 2.08 bits per heavy atom. The Morgan fingerprint density at radius 3 is 2.68 bits per heavy atom. The lowest BCUT2D eigenvalue weighted by molar-refractivity contribution is 0.203. The van der Waals surface area contributed by atoms with Gasteiger partial charge in [-0.1, -0.05) is 6.07 Å². The van der Waals surface area contributed by atoms with Gasteiger partial charge in [0.1, 0.15) is 0 Å². The molecule has 1 aromatic heterocycles. The Balaban J connectivity index is 2.01. The highest BCUT2D eigenvalue weighted by Crippen LogP contribution is 2.31. The molecule has 1 aromatic carbocycles. The van der Waals surface area contributed by atoms with Crippen LogP contribution in [-0.4, -0.2) is 36.2 Å². The molecular formula is C18H25N3O3S. The lowest BCUT2D eigenvalue weighted by Gasteiger charge is -2.22. The number of rotatable bonds is 7. The first-order valence-electron chi connectivity index (χ1n) is 8.14. The molecule has 0 radical (unpaired) electrons. The number of amides is 2. The molecule has 136 valence electrons. The normalized spacial score (nSPS) is 11.9. The number of aromatic nitrogens is 1. The molecule has 0 fully saturated rings. The van der Waals surface area contributed by atoms with E-state index in [1.54, 1.807) is 24.6 Å². The van der Waals surface area contributed by atoms with E-state index in [0.29, 0.717) is 18.0 Å². The van der Waals surface area contributed by atoms with Crippen molar-refractivity contribution in [3.63, 3.8) is 0 Å². The SMILES string of the molecule is COc1cc([C@H](C)NC(=O)N(C)Cc2cscn2)ccc1OC(C)C. The van der Waals surface area contributed by atoms with Crippen molar-refractivity contribution in [2.75, 3.05) is 14.2 Å². The van der Waals surface area contributed by atoms with Gasteiger partial charge in [-0.2, -0.15) is 0 Å². The molecule has 7 heteroatoms. The number of hydrogen-bond acceptors (Lipinski definition) is 5. The first kappa shape index (κ1) is 19.1. The molecule has 1 atom stereocenters. The minimum absolute atomic E-state index is 0.0660. The molecule has 0 aliphatic carbocycles. The van der Waals surface area contributed by atoms with Crippen LogP contribution in [0.15, 0.2) is 29.1 Å². The monoisotopic (exact) mass is 363 g/mol. The molecule has 0 bridgehead atoms. The van der Waals surface area contributed by atoms with Gasteiger partial charge in [0.05, 0.1) is 37.0 Å². The molecule has 2 rings (SSSR count). The minimum atomic E-state index is -0.160. The van der Waals surface area contributed by atoms with Crippen LogP contribution in [-0.2, 0) is 6.54 Å². The Kier molecular flexibility index (Phi) is 6.64. The van der Waals surface area contributed by atoms with E-state index in [-0.39, 0.29) is 18.2 Å². The van der Waals surface area contributed by atoms with Crippen molar-refractivity contribution in [2.24, 2.45) is 0 Å². The van der Waals surface area contributed by atoms with Gasteiger partial charge in [-0.05, 0) is 38.5 Å². The van der Waals surface area contributed by atoms with Gasteiger partial charge in [0, 0.05) is 12.4 Å². The molecular weight excluding hydrogens is 338 g/mol. The van der Waals surface area contributed by atoms with Gasteiger partial charge in [0.2, 0.25) is 0 Å². The zero-order valence-corrected chi connectivity index (χ0v) is 16.1. The number of carbonyl (C=O) groups excluding carboxylic acids is 1. The summed E-state index contributed by atoms with van der Waals surface area (Å²) in [6, 6.07) is 5.39. The maximum atomic E-state index is 12.4. The quantitative estimate of drug-likeness (QED) is 0.812. The molecule has 6 nitrogen and oxygen atoms in total. The van der Waals surface area contributed by atoms with E-state index >= 15 is 0 Å². The van der Waals surface area contributed by atoms with E-state index in [2.05, 4.69) is 10.3 Å². The third-order valence-electron chi connectivity index (χ3n) is 3.62. The van der Waals surface area contributed by atoms with Crippen LogP contribution in [0.5, 0.6) is 11.5 Å². The minimum Gasteiger partial charge on any atom is -0.493 e.